The van der Waals surface area contributed by atoms with Gasteiger partial charge >= 0.3 is 0 Å². The molecule has 1 heteroatoms. The predicted molar refractivity (Wildman–Crippen MR) is 94.7 cm³/mol. The number of rotatable bonds is 13. The Hall–Kier alpha value is -0.590. The predicted octanol–water partition coefficient (Wildman–Crippen LogP) is 6.86. The second-order valence-corrected chi connectivity index (χ2v) is 7.30. The summed E-state index contributed by atoms with van der Waals surface area (Å²) in [4.78, 5) is 11.8. The quantitative estimate of drug-likeness (QED) is 0.268. The highest BCUT2D eigenvalue weighted by molar-refractivity contribution is 5.83. The van der Waals surface area contributed by atoms with Crippen LogP contribution in [0.2, 0.25) is 0 Å². The van der Waals surface area contributed by atoms with Gasteiger partial charge in [0.25, 0.3) is 0 Å². The molecule has 0 spiro atoms. The Morgan fingerprint density at radius 3 is 1.76 bits per heavy atom. The lowest BCUT2D eigenvalue weighted by Gasteiger charge is -2.16. The van der Waals surface area contributed by atoms with Crippen molar-refractivity contribution in [2.45, 2.75) is 105 Å². The number of carbonyl (C=O) groups excluding carboxylic acids is 1. The van der Waals surface area contributed by atoms with E-state index in [0.29, 0.717) is 5.78 Å². The van der Waals surface area contributed by atoms with E-state index in [1.807, 2.05) is 20.8 Å². The van der Waals surface area contributed by atoms with Gasteiger partial charge in [-0.05, 0) is 32.1 Å². The first-order valence-corrected chi connectivity index (χ1v) is 9.16. The number of allylic oxidation sites excluding steroid dienone is 2. The topological polar surface area (TPSA) is 17.1 Å². The summed E-state index contributed by atoms with van der Waals surface area (Å²) < 4.78 is 0. The normalized spacial score (nSPS) is 12.2. The number of carbonyl (C=O) groups is 1. The molecule has 0 radical (unpaired) electrons. The summed E-state index contributed by atoms with van der Waals surface area (Å²) in [7, 11) is 0. The van der Waals surface area contributed by atoms with Crippen molar-refractivity contribution in [2.75, 3.05) is 0 Å². The van der Waals surface area contributed by atoms with Crippen molar-refractivity contribution in [3.05, 3.63) is 12.2 Å². The van der Waals surface area contributed by atoms with Crippen LogP contribution >= 0.6 is 0 Å². The Labute approximate surface area is 133 Å². The molecule has 0 aliphatic heterocycles. The van der Waals surface area contributed by atoms with Gasteiger partial charge in [-0.15, -0.1) is 0 Å². The minimum Gasteiger partial charge on any atom is -0.299 e. The lowest BCUT2D eigenvalue weighted by molar-refractivity contribution is -0.126. The lowest BCUT2D eigenvalue weighted by atomic mass is 9.88. The van der Waals surface area contributed by atoms with Gasteiger partial charge in [0.1, 0.15) is 5.78 Å². The maximum absolute atomic E-state index is 11.8. The van der Waals surface area contributed by atoms with E-state index in [9.17, 15) is 4.79 Å². The first-order chi connectivity index (χ1) is 9.98. The molecule has 21 heavy (non-hydrogen) atoms. The van der Waals surface area contributed by atoms with Crippen LogP contribution in [0.15, 0.2) is 12.2 Å². The first kappa shape index (κ1) is 20.4. The second kappa shape index (κ2) is 13.1. The molecule has 0 aliphatic carbocycles. The van der Waals surface area contributed by atoms with E-state index < -0.39 is 0 Å². The Morgan fingerprint density at radius 1 is 0.762 bits per heavy atom. The monoisotopic (exact) mass is 294 g/mol. The molecule has 0 amide bonds. The third kappa shape index (κ3) is 14.1. The molecule has 0 bridgehead atoms. The van der Waals surface area contributed by atoms with Crippen molar-refractivity contribution < 1.29 is 4.79 Å². The molecule has 0 aliphatic rings. The largest absolute Gasteiger partial charge is 0.299 e. The third-order valence-corrected chi connectivity index (χ3v) is 4.00. The van der Waals surface area contributed by atoms with Crippen LogP contribution in [0, 0.1) is 5.41 Å². The molecule has 0 N–H and O–H groups in total. The van der Waals surface area contributed by atoms with E-state index >= 15 is 0 Å². The van der Waals surface area contributed by atoms with E-state index in [2.05, 4.69) is 19.1 Å². The van der Waals surface area contributed by atoms with Gasteiger partial charge in [0.15, 0.2) is 0 Å². The molecular weight excluding hydrogens is 256 g/mol. The minimum absolute atomic E-state index is 0.151. The van der Waals surface area contributed by atoms with Crippen LogP contribution in [0.4, 0.5) is 0 Å². The van der Waals surface area contributed by atoms with Crippen molar-refractivity contribution in [3.63, 3.8) is 0 Å². The Balaban J connectivity index is 3.26. The van der Waals surface area contributed by atoms with Crippen molar-refractivity contribution in [1.29, 1.82) is 0 Å². The van der Waals surface area contributed by atoms with Crippen LogP contribution < -0.4 is 0 Å². The summed E-state index contributed by atoms with van der Waals surface area (Å²) in [6.45, 7) is 8.31. The van der Waals surface area contributed by atoms with Gasteiger partial charge in [-0.1, -0.05) is 78.4 Å². The summed E-state index contributed by atoms with van der Waals surface area (Å²) in [6, 6.07) is 0. The summed E-state index contributed by atoms with van der Waals surface area (Å²) >= 11 is 0. The number of ketones is 1. The van der Waals surface area contributed by atoms with Gasteiger partial charge in [-0.2, -0.15) is 0 Å². The highest BCUT2D eigenvalue weighted by Crippen LogP contribution is 2.19. The maximum atomic E-state index is 11.8. The van der Waals surface area contributed by atoms with Crippen LogP contribution in [-0.2, 0) is 4.79 Å². The average Bonchev–Trinajstić information content (AvgIpc) is 2.42. The smallest absolute Gasteiger partial charge is 0.138 e. The fourth-order valence-electron chi connectivity index (χ4n) is 2.38. The number of hydrogen-bond donors (Lipinski definition) is 0. The Bertz CT molecular complexity index is 270. The number of unbranched alkanes of at least 4 members (excludes halogenated alkanes) is 9. The molecule has 124 valence electrons. The number of Topliss-reactive ketones (excluding diaryl/α,β-unsaturated/α-hetero) is 1. The van der Waals surface area contributed by atoms with Crippen molar-refractivity contribution >= 4 is 5.78 Å². The zero-order chi connectivity index (χ0) is 16.0. The van der Waals surface area contributed by atoms with Crippen LogP contribution in [0.25, 0.3) is 0 Å². The van der Waals surface area contributed by atoms with E-state index in [-0.39, 0.29) is 5.41 Å². The van der Waals surface area contributed by atoms with Crippen LogP contribution in [0.3, 0.4) is 0 Å². The third-order valence-electron chi connectivity index (χ3n) is 4.00. The van der Waals surface area contributed by atoms with E-state index in [0.717, 1.165) is 12.8 Å². The number of hydrogen-bond acceptors (Lipinski definition) is 1. The molecule has 0 saturated carbocycles. The SMILES string of the molecule is CCCCCC/C=C\CCCCCCCC(=O)C(C)(C)C. The summed E-state index contributed by atoms with van der Waals surface area (Å²) in [5.74, 6) is 0.411. The van der Waals surface area contributed by atoms with E-state index in [1.54, 1.807) is 0 Å². The van der Waals surface area contributed by atoms with Crippen molar-refractivity contribution in [2.24, 2.45) is 5.41 Å². The first-order valence-electron chi connectivity index (χ1n) is 9.16. The molecule has 1 nitrogen and oxygen atoms in total. The fourth-order valence-corrected chi connectivity index (χ4v) is 2.38. The van der Waals surface area contributed by atoms with Crippen molar-refractivity contribution in [1.82, 2.24) is 0 Å². The molecule has 0 fully saturated rings. The maximum Gasteiger partial charge on any atom is 0.138 e. The summed E-state index contributed by atoms with van der Waals surface area (Å²) in [5, 5.41) is 0. The van der Waals surface area contributed by atoms with E-state index in [4.69, 9.17) is 0 Å². The zero-order valence-electron chi connectivity index (χ0n) is 15.0. The van der Waals surface area contributed by atoms with Gasteiger partial charge in [-0.3, -0.25) is 4.79 Å². The fraction of sp³-hybridized carbons (Fsp3) is 0.850. The molecule has 0 aromatic heterocycles. The average molecular weight is 295 g/mol. The zero-order valence-corrected chi connectivity index (χ0v) is 15.0. The molecule has 0 heterocycles. The van der Waals surface area contributed by atoms with Gasteiger partial charge in [0, 0.05) is 11.8 Å². The van der Waals surface area contributed by atoms with Gasteiger partial charge in [0.2, 0.25) is 0 Å². The minimum atomic E-state index is -0.151. The second-order valence-electron chi connectivity index (χ2n) is 7.30. The molecular formula is C20H38O. The standard InChI is InChI=1S/C20H38O/c1-5-6-7-8-9-10-11-12-13-14-15-16-17-18-19(21)20(2,3)4/h10-11H,5-9,12-18H2,1-4H3/b11-10-. The Morgan fingerprint density at radius 2 is 1.24 bits per heavy atom. The van der Waals surface area contributed by atoms with Crippen LogP contribution in [0.1, 0.15) is 105 Å². The molecule has 0 saturated heterocycles. The van der Waals surface area contributed by atoms with Crippen molar-refractivity contribution in [3.8, 4) is 0 Å². The highest BCUT2D eigenvalue weighted by atomic mass is 16.1. The summed E-state index contributed by atoms with van der Waals surface area (Å²) in [5.41, 5.74) is -0.151. The highest BCUT2D eigenvalue weighted by Gasteiger charge is 2.19. The summed E-state index contributed by atoms with van der Waals surface area (Å²) in [6.07, 6.45) is 19.6. The molecule has 0 rings (SSSR count). The molecule has 0 aromatic rings. The van der Waals surface area contributed by atoms with Crippen LogP contribution in [-0.4, -0.2) is 5.78 Å². The molecule has 0 unspecified atom stereocenters. The van der Waals surface area contributed by atoms with Gasteiger partial charge < -0.3 is 0 Å². The molecule has 0 aromatic carbocycles. The van der Waals surface area contributed by atoms with Gasteiger partial charge in [0.05, 0.1) is 0 Å². The molecule has 0 atom stereocenters. The lowest BCUT2D eigenvalue weighted by Crippen LogP contribution is -2.19. The van der Waals surface area contributed by atoms with Gasteiger partial charge in [-0.25, -0.2) is 0 Å². The van der Waals surface area contributed by atoms with Crippen LogP contribution in [0.5, 0.6) is 0 Å². The Kier molecular flexibility index (Phi) is 12.7. The van der Waals surface area contributed by atoms with E-state index in [1.165, 1.54) is 64.2 Å².